The van der Waals surface area contributed by atoms with E-state index in [1.54, 1.807) is 0 Å². The number of pyridine rings is 1. The van der Waals surface area contributed by atoms with Crippen molar-refractivity contribution in [1.82, 2.24) is 20.1 Å². The first-order chi connectivity index (χ1) is 14.0. The molecule has 2 N–H and O–H groups in total. The summed E-state index contributed by atoms with van der Waals surface area (Å²) in [5, 5.41) is 10.8. The number of H-pyrrole nitrogens is 1. The van der Waals surface area contributed by atoms with E-state index in [-0.39, 0.29) is 5.91 Å². The number of anilines is 1. The van der Waals surface area contributed by atoms with Crippen LogP contribution in [0.4, 0.5) is 5.82 Å². The van der Waals surface area contributed by atoms with Crippen LogP contribution in [-0.2, 0) is 6.54 Å². The van der Waals surface area contributed by atoms with Gasteiger partial charge in [0.25, 0.3) is 5.91 Å². The van der Waals surface area contributed by atoms with E-state index in [0.29, 0.717) is 17.9 Å². The Morgan fingerprint density at radius 3 is 2.72 bits per heavy atom. The summed E-state index contributed by atoms with van der Waals surface area (Å²) in [6.07, 6.45) is 0. The highest BCUT2D eigenvalue weighted by Gasteiger charge is 2.15. The zero-order chi connectivity index (χ0) is 20.4. The van der Waals surface area contributed by atoms with Crippen LogP contribution >= 0.6 is 15.9 Å². The van der Waals surface area contributed by atoms with Crippen LogP contribution in [-0.4, -0.2) is 40.1 Å². The lowest BCUT2D eigenvalue weighted by molar-refractivity contribution is 0.102. The number of aromatic nitrogens is 3. The molecule has 1 amide bonds. The second-order valence-electron chi connectivity index (χ2n) is 7.05. The number of nitrogens with zero attached hydrogens (tertiary/aromatic N) is 3. The van der Waals surface area contributed by atoms with E-state index >= 15 is 0 Å². The van der Waals surface area contributed by atoms with Crippen LogP contribution in [0, 0.1) is 0 Å². The van der Waals surface area contributed by atoms with Gasteiger partial charge in [0.05, 0.1) is 22.5 Å². The lowest BCUT2D eigenvalue weighted by atomic mass is 10.0. The zero-order valence-electron chi connectivity index (χ0n) is 16.1. The van der Waals surface area contributed by atoms with Crippen molar-refractivity contribution >= 4 is 38.6 Å². The van der Waals surface area contributed by atoms with Crippen molar-refractivity contribution in [2.75, 3.05) is 19.4 Å². The van der Waals surface area contributed by atoms with Gasteiger partial charge in [-0.25, -0.2) is 4.98 Å². The average Bonchev–Trinajstić information content (AvgIpc) is 3.13. The number of carbonyl (C=O) groups is 1. The van der Waals surface area contributed by atoms with Gasteiger partial charge in [0.1, 0.15) is 0 Å². The lowest BCUT2D eigenvalue weighted by Crippen LogP contribution is -2.13. The second kappa shape index (κ2) is 8.14. The molecule has 2 heterocycles. The Labute approximate surface area is 177 Å². The van der Waals surface area contributed by atoms with Gasteiger partial charge in [0.15, 0.2) is 5.82 Å². The molecule has 2 aromatic carbocycles. The predicted molar refractivity (Wildman–Crippen MR) is 119 cm³/mol. The van der Waals surface area contributed by atoms with Gasteiger partial charge in [-0.15, -0.1) is 0 Å². The minimum atomic E-state index is -0.220. The van der Waals surface area contributed by atoms with Crippen LogP contribution in [0.2, 0.25) is 0 Å². The molecule has 2 aromatic heterocycles. The molecule has 0 saturated heterocycles. The van der Waals surface area contributed by atoms with E-state index in [9.17, 15) is 4.79 Å². The molecule has 0 unspecified atom stereocenters. The maximum Gasteiger partial charge on any atom is 0.257 e. The van der Waals surface area contributed by atoms with Crippen molar-refractivity contribution in [1.29, 1.82) is 0 Å². The maximum atomic E-state index is 13.1. The largest absolute Gasteiger partial charge is 0.305 e. The van der Waals surface area contributed by atoms with Gasteiger partial charge in [0, 0.05) is 28.0 Å². The van der Waals surface area contributed by atoms with Crippen LogP contribution in [0.5, 0.6) is 0 Å². The third kappa shape index (κ3) is 4.36. The Bertz CT molecular complexity index is 1180. The minimum absolute atomic E-state index is 0.220. The Morgan fingerprint density at radius 2 is 1.93 bits per heavy atom. The molecular weight excluding hydrogens is 430 g/mol. The molecular formula is C22H20BrN5O. The SMILES string of the molecule is CN(C)Cc1cc(NC(=O)c2cc(-c3cccc(Br)c3)nc3ccccc23)n[nH]1. The number of halogens is 1. The molecule has 0 aliphatic carbocycles. The predicted octanol–water partition coefficient (Wildman–Crippen LogP) is 4.70. The van der Waals surface area contributed by atoms with Crippen LogP contribution in [0.15, 0.2) is 65.1 Å². The van der Waals surface area contributed by atoms with Gasteiger partial charge in [-0.1, -0.05) is 46.3 Å². The first kappa shape index (κ1) is 19.3. The van der Waals surface area contributed by atoms with Gasteiger partial charge >= 0.3 is 0 Å². The number of para-hydroxylation sites is 1. The van der Waals surface area contributed by atoms with Crippen molar-refractivity contribution in [3.05, 3.63) is 76.4 Å². The first-order valence-corrected chi connectivity index (χ1v) is 9.95. The number of carbonyl (C=O) groups excluding carboxylic acids is 1. The zero-order valence-corrected chi connectivity index (χ0v) is 17.7. The highest BCUT2D eigenvalue weighted by molar-refractivity contribution is 9.10. The van der Waals surface area contributed by atoms with Gasteiger partial charge < -0.3 is 10.2 Å². The summed E-state index contributed by atoms with van der Waals surface area (Å²) in [7, 11) is 3.96. The Balaban J connectivity index is 1.72. The smallest absolute Gasteiger partial charge is 0.257 e. The number of aromatic amines is 1. The van der Waals surface area contributed by atoms with Crippen LogP contribution in [0.1, 0.15) is 16.1 Å². The van der Waals surface area contributed by atoms with Crippen molar-refractivity contribution in [2.24, 2.45) is 0 Å². The number of rotatable bonds is 5. The number of amides is 1. The molecule has 0 atom stereocenters. The van der Waals surface area contributed by atoms with Gasteiger partial charge in [-0.2, -0.15) is 5.10 Å². The summed E-state index contributed by atoms with van der Waals surface area (Å²) in [4.78, 5) is 19.9. The molecule has 0 bridgehead atoms. The van der Waals surface area contributed by atoms with Crippen molar-refractivity contribution in [3.8, 4) is 11.3 Å². The summed E-state index contributed by atoms with van der Waals surface area (Å²) < 4.78 is 0.959. The van der Waals surface area contributed by atoms with E-state index in [4.69, 9.17) is 4.98 Å². The Kier molecular flexibility index (Phi) is 5.42. The lowest BCUT2D eigenvalue weighted by Gasteiger charge is -2.10. The fourth-order valence-electron chi connectivity index (χ4n) is 3.19. The Morgan fingerprint density at radius 1 is 1.10 bits per heavy atom. The molecule has 0 fully saturated rings. The summed E-state index contributed by atoms with van der Waals surface area (Å²) >= 11 is 3.50. The molecule has 0 spiro atoms. The number of hydrogen-bond acceptors (Lipinski definition) is 4. The molecule has 4 aromatic rings. The highest BCUT2D eigenvalue weighted by atomic mass is 79.9. The van der Waals surface area contributed by atoms with Crippen molar-refractivity contribution < 1.29 is 4.79 Å². The van der Waals surface area contributed by atoms with Crippen molar-refractivity contribution in [3.63, 3.8) is 0 Å². The van der Waals surface area contributed by atoms with E-state index in [2.05, 4.69) is 31.4 Å². The quantitative estimate of drug-likeness (QED) is 0.462. The van der Waals surface area contributed by atoms with E-state index < -0.39 is 0 Å². The monoisotopic (exact) mass is 449 g/mol. The van der Waals surface area contributed by atoms with E-state index in [0.717, 1.165) is 32.3 Å². The Hall–Kier alpha value is -3.03. The molecule has 29 heavy (non-hydrogen) atoms. The number of benzene rings is 2. The first-order valence-electron chi connectivity index (χ1n) is 9.16. The number of hydrogen-bond donors (Lipinski definition) is 2. The van der Waals surface area contributed by atoms with Crippen molar-refractivity contribution in [2.45, 2.75) is 6.54 Å². The van der Waals surface area contributed by atoms with Crippen LogP contribution in [0.25, 0.3) is 22.2 Å². The van der Waals surface area contributed by atoms with Gasteiger partial charge in [0.2, 0.25) is 0 Å². The third-order valence-corrected chi connectivity index (χ3v) is 4.93. The van der Waals surface area contributed by atoms with E-state index in [1.807, 2.05) is 79.7 Å². The summed E-state index contributed by atoms with van der Waals surface area (Å²) in [5.74, 6) is 0.277. The number of nitrogens with one attached hydrogen (secondary N) is 2. The van der Waals surface area contributed by atoms with E-state index in [1.165, 1.54) is 0 Å². The third-order valence-electron chi connectivity index (χ3n) is 4.44. The normalized spacial score (nSPS) is 11.2. The summed E-state index contributed by atoms with van der Waals surface area (Å²) in [5.41, 5.74) is 3.94. The molecule has 0 saturated carbocycles. The number of fused-ring (bicyclic) bond motifs is 1. The molecule has 6 nitrogen and oxygen atoms in total. The van der Waals surface area contributed by atoms with Gasteiger partial charge in [-0.05, 0) is 38.4 Å². The van der Waals surface area contributed by atoms with Crippen LogP contribution in [0.3, 0.4) is 0 Å². The summed E-state index contributed by atoms with van der Waals surface area (Å²) in [6, 6.07) is 19.2. The van der Waals surface area contributed by atoms with Crippen LogP contribution < -0.4 is 5.32 Å². The molecule has 4 rings (SSSR count). The van der Waals surface area contributed by atoms with Gasteiger partial charge in [-0.3, -0.25) is 9.89 Å². The fraction of sp³-hybridized carbons (Fsp3) is 0.136. The topological polar surface area (TPSA) is 73.9 Å². The summed E-state index contributed by atoms with van der Waals surface area (Å²) in [6.45, 7) is 0.716. The highest BCUT2D eigenvalue weighted by Crippen LogP contribution is 2.27. The molecule has 0 radical (unpaired) electrons. The maximum absolute atomic E-state index is 13.1. The standard InChI is InChI=1S/C22H20BrN5O/c1-28(2)13-16-11-21(27-26-16)25-22(29)18-12-20(14-6-5-7-15(23)10-14)24-19-9-4-3-8-17(18)19/h3-12H,13H2,1-2H3,(H2,25,26,27,29). The molecule has 0 aliphatic heterocycles. The fourth-order valence-corrected chi connectivity index (χ4v) is 3.59. The molecule has 7 heteroatoms. The molecule has 146 valence electrons. The minimum Gasteiger partial charge on any atom is -0.305 e. The second-order valence-corrected chi connectivity index (χ2v) is 7.97. The molecule has 0 aliphatic rings. The average molecular weight is 450 g/mol.